The van der Waals surface area contributed by atoms with Crippen LogP contribution in [-0.4, -0.2) is 301 Å². The molecule has 0 radical (unpaired) electrons. The van der Waals surface area contributed by atoms with Crippen molar-refractivity contribution in [1.82, 2.24) is 79.0 Å². The molecule has 1 aromatic heterocycles. The van der Waals surface area contributed by atoms with E-state index in [9.17, 15) is 161 Å². The van der Waals surface area contributed by atoms with Gasteiger partial charge in [0, 0.05) is 81.4 Å². The van der Waals surface area contributed by atoms with Gasteiger partial charge in [-0.1, -0.05) is 44.2 Å². The zero-order valence-electron chi connectivity index (χ0n) is 70.5. The highest BCUT2D eigenvalue weighted by Gasteiger charge is 2.43. The van der Waals surface area contributed by atoms with Gasteiger partial charge in [0.2, 0.25) is 88.6 Å². The second-order valence-corrected chi connectivity index (χ2v) is 30.7. The van der Waals surface area contributed by atoms with E-state index in [1.165, 1.54) is 30.5 Å². The number of phenols is 1. The molecule has 0 bridgehead atoms. The number of H-pyrrole nitrogens is 1. The number of carbonyl (C=O) groups is 24. The Morgan fingerprint density at radius 2 is 0.800 bits per heavy atom. The van der Waals surface area contributed by atoms with Crippen LogP contribution in [0, 0.1) is 5.92 Å². The first-order valence-electron chi connectivity index (χ1n) is 40.6. The number of aromatic hydroxyl groups is 1. The Kier molecular flexibility index (Phi) is 43.6. The number of carboxylic acids is 9. The molecule has 0 saturated carbocycles. The van der Waals surface area contributed by atoms with E-state index in [-0.39, 0.29) is 49.5 Å². The fraction of sp³-hybridized carbons (Fsp3) is 0.519. The van der Waals surface area contributed by atoms with Gasteiger partial charge in [-0.15, -0.1) is 0 Å². The molecule has 51 heteroatoms. The number of benzene rings is 2. The van der Waals surface area contributed by atoms with E-state index in [1.807, 2.05) is 5.32 Å². The van der Waals surface area contributed by atoms with Crippen molar-refractivity contribution in [3.8, 4) is 5.75 Å². The fourth-order valence-electron chi connectivity index (χ4n) is 13.1. The number of nitrogens with two attached hydrogens (primary N) is 2. The summed E-state index contributed by atoms with van der Waals surface area (Å²) in [6, 6.07) is -14.2. The van der Waals surface area contributed by atoms with E-state index >= 15 is 0 Å². The Bertz CT molecular complexity index is 4670. The van der Waals surface area contributed by atoms with Crippen molar-refractivity contribution in [2.24, 2.45) is 17.4 Å². The van der Waals surface area contributed by atoms with Crippen LogP contribution in [0.5, 0.6) is 5.75 Å². The molecule has 0 aliphatic carbocycles. The van der Waals surface area contributed by atoms with Crippen LogP contribution >= 0.6 is 0 Å². The minimum Gasteiger partial charge on any atom is -0.508 e. The third-order valence-corrected chi connectivity index (χ3v) is 19.8. The lowest BCUT2D eigenvalue weighted by Crippen LogP contribution is -2.60. The highest BCUT2D eigenvalue weighted by atomic mass is 16.4. The van der Waals surface area contributed by atoms with E-state index in [1.54, 1.807) is 38.1 Å². The van der Waals surface area contributed by atoms with Crippen molar-refractivity contribution >= 4 is 153 Å². The number of phenolic OH excluding ortho intramolecular Hbond substituents is 1. The molecular weight excluding hydrogens is 1730 g/mol. The number of primary amides is 1. The Balaban J connectivity index is 1.56. The SMILES string of the molecule is CC(C)C[C@H](NC(=O)[C@H](Cc1c[nH]c2ccccc12)NC(=O)[C@H](CCC(=O)O)NC(=O)[C@H](C)NC(=O)[C@H](Cc1ccc(O)cc1)NC(=O)[C@H](CC(=O)O)NC(=O)CNC(=O)[C@H](CCC(=O)O)NC(=O)[C@@H]1CCCN1C(=O)[C@H](CCC(=O)O)NC(=O)[C@H](CC(=O)O)NC(=O)[C@H](CCC(=O)O)NC(=O)[C@H](CCC(N)=O)NC(=O)[C@@H](N)CCC(=O)O)C(=O)N[C@@H](CCC(=O)O)C(=O)O. The molecule has 1 fully saturated rings. The number of amides is 15. The molecule has 0 spiro atoms. The number of carboxylic acid groups (broad SMARTS) is 9. The molecule has 2 aromatic carbocycles. The number of hydrogen-bond donors (Lipinski definition) is 26. The summed E-state index contributed by atoms with van der Waals surface area (Å²) < 4.78 is 0. The summed E-state index contributed by atoms with van der Waals surface area (Å²) in [5.41, 5.74) is 12.2. The highest BCUT2D eigenvalue weighted by Crippen LogP contribution is 2.24. The number of hydrogen-bond acceptors (Lipinski definition) is 26. The molecule has 14 atom stereocenters. The fourth-order valence-corrected chi connectivity index (χ4v) is 13.1. The first-order valence-corrected chi connectivity index (χ1v) is 40.6. The quantitative estimate of drug-likeness (QED) is 0.0250. The smallest absolute Gasteiger partial charge is 0.326 e. The number of nitrogens with one attached hydrogen (secondary N) is 14. The summed E-state index contributed by atoms with van der Waals surface area (Å²) in [7, 11) is 0. The number of aliphatic carboxylic acids is 9. The van der Waals surface area contributed by atoms with Gasteiger partial charge in [0.1, 0.15) is 84.3 Å². The number of nitrogens with zero attached hydrogens (tertiary/aromatic N) is 1. The van der Waals surface area contributed by atoms with Crippen molar-refractivity contribution in [2.75, 3.05) is 13.1 Å². The lowest BCUT2D eigenvalue weighted by molar-refractivity contribution is -0.145. The third kappa shape index (κ3) is 38.1. The minimum atomic E-state index is -2.27. The van der Waals surface area contributed by atoms with Gasteiger partial charge in [0.05, 0.1) is 25.4 Å². The van der Waals surface area contributed by atoms with Crippen LogP contribution in [0.3, 0.4) is 0 Å². The van der Waals surface area contributed by atoms with Gasteiger partial charge in [-0.25, -0.2) is 4.79 Å². The van der Waals surface area contributed by atoms with Gasteiger partial charge < -0.3 is 142 Å². The van der Waals surface area contributed by atoms with E-state index in [2.05, 4.69) is 68.8 Å². The molecule has 1 saturated heterocycles. The number of likely N-dealkylation sites (tertiary alicyclic amines) is 1. The van der Waals surface area contributed by atoms with Gasteiger partial charge in [-0.05, 0) is 106 Å². The predicted molar refractivity (Wildman–Crippen MR) is 440 cm³/mol. The Morgan fingerprint density at radius 1 is 0.408 bits per heavy atom. The van der Waals surface area contributed by atoms with Gasteiger partial charge >= 0.3 is 53.7 Å². The number of fused-ring (bicyclic) bond motifs is 1. The monoisotopic (exact) mass is 1840 g/mol. The predicted octanol–water partition coefficient (Wildman–Crippen LogP) is -6.53. The highest BCUT2D eigenvalue weighted by molar-refractivity contribution is 6.02. The number of carbonyl (C=O) groups excluding carboxylic acids is 15. The van der Waals surface area contributed by atoms with Crippen LogP contribution in [0.25, 0.3) is 10.9 Å². The molecule has 4 rings (SSSR count). The molecule has 28 N–H and O–H groups in total. The van der Waals surface area contributed by atoms with E-state index in [0.29, 0.717) is 16.5 Å². The maximum absolute atomic E-state index is 14.5. The van der Waals surface area contributed by atoms with Crippen molar-refractivity contribution in [3.63, 3.8) is 0 Å². The minimum absolute atomic E-state index is 0.0377. The number of aromatic nitrogens is 1. The van der Waals surface area contributed by atoms with Gasteiger partial charge in [-0.2, -0.15) is 0 Å². The molecule has 1 aliphatic rings. The van der Waals surface area contributed by atoms with Crippen LogP contribution in [-0.2, 0) is 128 Å². The van der Waals surface area contributed by atoms with E-state index in [4.69, 9.17) is 16.6 Å². The standard InChI is InChI=1S/C79H107N17O34/c1-36(2)29-50(73(123)91-49(79(129)130)20-27-63(110)111)92-74(124)52(31-39-34-82-43-8-5-4-7-41(39)43)94-70(120)46(17-24-60(104)105)86-66(116)37(3)84-72(122)51(30-38-10-12-40(97)13-11-38)93-75(125)53(32-64(112)113)85-57(99)35-83-68(118)44(16-23-59(102)103)89-77(127)55-9-6-28-96(55)78(128)48(19-26-62(108)109)90-76(126)54(33-65(114)115)95-71(121)47(18-25-61(106)107)88-69(119)45(15-21-56(81)98)87-67(117)42(80)14-22-58(100)101/h4-5,7-8,10-13,34,36-37,42,44-55,82,97H,6,9,14-33,35,80H2,1-3H3,(H2,81,98)(H,83,118)(H,84,122)(H,85,99)(H,86,116)(H,87,117)(H,88,119)(H,89,127)(H,90,126)(H,91,123)(H,92,124)(H,93,125)(H,94,120)(H,95,121)(H,100,101)(H,102,103)(H,104,105)(H,106,107)(H,108,109)(H,110,111)(H,112,113)(H,114,115)(H,129,130)/t37-,42-,44-,45-,46-,47-,48-,49-,50-,51-,52-,53-,54-,55-/m0/s1. The molecule has 51 nitrogen and oxygen atoms in total. The first-order chi connectivity index (χ1) is 61.0. The molecular formula is C79H107N17O34. The Hall–Kier alpha value is -15.0. The molecule has 3 aromatic rings. The van der Waals surface area contributed by atoms with E-state index < -0.39 is 343 Å². The van der Waals surface area contributed by atoms with Crippen LogP contribution in [0.2, 0.25) is 0 Å². The Morgan fingerprint density at radius 3 is 1.30 bits per heavy atom. The van der Waals surface area contributed by atoms with Gasteiger partial charge in [0.15, 0.2) is 0 Å². The second-order valence-electron chi connectivity index (χ2n) is 30.7. The van der Waals surface area contributed by atoms with Crippen molar-refractivity contribution in [2.45, 2.75) is 240 Å². The first kappa shape index (κ1) is 107. The largest absolute Gasteiger partial charge is 0.508 e. The van der Waals surface area contributed by atoms with Crippen LogP contribution in [0.1, 0.15) is 154 Å². The molecule has 130 heavy (non-hydrogen) atoms. The average molecular weight is 1840 g/mol. The summed E-state index contributed by atoms with van der Waals surface area (Å²) in [5.74, 6) is -33.5. The van der Waals surface area contributed by atoms with Crippen LogP contribution < -0.4 is 80.6 Å². The summed E-state index contributed by atoms with van der Waals surface area (Å²) in [6.45, 7) is 2.82. The zero-order valence-corrected chi connectivity index (χ0v) is 70.5. The maximum Gasteiger partial charge on any atom is 0.326 e. The molecule has 0 unspecified atom stereocenters. The lowest BCUT2D eigenvalue weighted by Gasteiger charge is -2.30. The summed E-state index contributed by atoms with van der Waals surface area (Å²) in [5, 5.41) is 126. The molecule has 1 aliphatic heterocycles. The van der Waals surface area contributed by atoms with Crippen molar-refractivity contribution in [1.29, 1.82) is 0 Å². The maximum atomic E-state index is 14.5. The average Bonchev–Trinajstić information content (AvgIpc) is 1.67. The number of rotatable bonds is 59. The third-order valence-electron chi connectivity index (χ3n) is 19.8. The lowest BCUT2D eigenvalue weighted by atomic mass is 9.99. The Labute approximate surface area is 738 Å². The van der Waals surface area contributed by atoms with Gasteiger partial charge in [-0.3, -0.25) is 110 Å². The normalized spacial score (nSPS) is 15.2. The molecule has 15 amide bonds. The summed E-state index contributed by atoms with van der Waals surface area (Å²) >= 11 is 0. The molecule has 712 valence electrons. The van der Waals surface area contributed by atoms with Crippen molar-refractivity contribution < 1.29 is 166 Å². The zero-order chi connectivity index (χ0) is 97.5. The van der Waals surface area contributed by atoms with E-state index in [0.717, 1.165) is 11.8 Å². The second kappa shape index (κ2) is 52.8. The topological polar surface area (TPSA) is 839 Å². The summed E-state index contributed by atoms with van der Waals surface area (Å²) in [6.07, 6.45) is -12.5. The van der Waals surface area contributed by atoms with Gasteiger partial charge in [0.25, 0.3) is 0 Å². The number of aromatic amines is 1. The van der Waals surface area contributed by atoms with Crippen LogP contribution in [0.15, 0.2) is 54.7 Å². The summed E-state index contributed by atoms with van der Waals surface area (Å²) in [4.78, 5) is 319. The van der Waals surface area contributed by atoms with Crippen molar-refractivity contribution in [3.05, 3.63) is 65.9 Å². The number of para-hydroxylation sites is 1. The van der Waals surface area contributed by atoms with Crippen LogP contribution in [0.4, 0.5) is 0 Å². The molecule has 2 heterocycles.